The van der Waals surface area contributed by atoms with E-state index in [4.69, 9.17) is 51.9 Å². The minimum atomic E-state index is -6.09. The molecule has 496 valence electrons. The summed E-state index contributed by atoms with van der Waals surface area (Å²) in [5, 5.41) is 0. The molecule has 24 nitrogen and oxygen atoms in total. The molecular formula is C44H36F12N8O16Pd4S4. The van der Waals surface area contributed by atoms with Crippen molar-refractivity contribution in [1.82, 2.24) is 39.9 Å². The van der Waals surface area contributed by atoms with E-state index >= 15 is 0 Å². The monoisotopic (exact) mass is 1710 g/mol. The summed E-state index contributed by atoms with van der Waals surface area (Å²) < 4.78 is 236. The van der Waals surface area contributed by atoms with E-state index in [1.54, 1.807) is 49.6 Å². The van der Waals surface area contributed by atoms with E-state index in [9.17, 15) is 52.7 Å². The van der Waals surface area contributed by atoms with Gasteiger partial charge in [0.05, 0.1) is 45.6 Å². The number of pyridine rings is 8. The summed E-state index contributed by atoms with van der Waals surface area (Å²) in [6, 6.07) is 46.4. The van der Waals surface area contributed by atoms with Crippen molar-refractivity contribution in [2.75, 3.05) is 0 Å². The second kappa shape index (κ2) is 46.6. The topological polar surface area (TPSA) is 452 Å². The zero-order valence-corrected chi connectivity index (χ0v) is 51.7. The van der Waals surface area contributed by atoms with Crippen LogP contribution in [0.2, 0.25) is 0 Å². The molecule has 8 aromatic rings. The Morgan fingerprint density at radius 3 is 0.352 bits per heavy atom. The van der Waals surface area contributed by atoms with Crippen molar-refractivity contribution < 1.29 is 208 Å². The number of hydrogen-bond acceptors (Lipinski definition) is 24. The number of aromatic nitrogens is 8. The first-order chi connectivity index (χ1) is 36.9. The van der Waals surface area contributed by atoms with Crippen LogP contribution in [0.4, 0.5) is 52.7 Å². The first-order valence-electron chi connectivity index (χ1n) is 20.2. The van der Waals surface area contributed by atoms with E-state index in [0.29, 0.717) is 0 Å². The van der Waals surface area contributed by atoms with Crippen LogP contribution in [0.5, 0.6) is 0 Å². The van der Waals surface area contributed by atoms with Crippen molar-refractivity contribution >= 4 is 40.5 Å². The van der Waals surface area contributed by atoms with Gasteiger partial charge >= 0.3 is 104 Å². The van der Waals surface area contributed by atoms with Crippen LogP contribution < -0.4 is 0 Å². The van der Waals surface area contributed by atoms with Crippen molar-refractivity contribution in [2.45, 2.75) is 22.0 Å². The predicted molar refractivity (Wildman–Crippen MR) is 261 cm³/mol. The molecule has 0 aliphatic carbocycles. The maximum Gasteiger partial charge on any atom is 2.00 e. The van der Waals surface area contributed by atoms with Crippen LogP contribution in [-0.4, -0.2) is 136 Å². The van der Waals surface area contributed by atoms with E-state index in [-0.39, 0.29) is 104 Å². The maximum absolute atomic E-state index is 10.7. The van der Waals surface area contributed by atoms with Crippen LogP contribution in [0.3, 0.4) is 0 Å². The van der Waals surface area contributed by atoms with E-state index < -0.39 is 62.5 Å². The van der Waals surface area contributed by atoms with E-state index in [0.717, 1.165) is 45.6 Å². The first-order valence-corrected chi connectivity index (χ1v) is 25.9. The molecule has 8 rings (SSSR count). The standard InChI is InChI=1S/4C10H8N2.4CHF3O3S.4H2O.4Pd/c4*1-3-7-11-9(5-1)10-6-2-4-8-12-10;4*2-1(3,4)8(5,6)7;;;;;;;;/h4*1-8H;4*(H,5,6,7);4*1H2;;;;/q;;;;;;;;;;;;4*+2/p-8. The second-order valence-electron chi connectivity index (χ2n) is 13.3. The van der Waals surface area contributed by atoms with Crippen LogP contribution in [-0.2, 0) is 122 Å². The molecule has 0 spiro atoms. The Labute approximate surface area is 547 Å². The number of alkyl halides is 12. The SMILES string of the molecule is O=S(=O)([O-])C(F)(F)F.O=S(=O)([O-])C(F)(F)F.O=S(=O)([O-])C(F)(F)F.O=S(=O)([O-])C(F)(F)F.[OH-].[OH-].[OH-].[OH-].[Pd+2].[Pd+2].[Pd+2].[Pd+2].c1ccc(-c2ccccn2)nc1.c1ccc(-c2ccccn2)nc1.c1ccc(-c2ccccn2)nc1.c1ccc(-c2ccccn2)nc1. The van der Waals surface area contributed by atoms with Gasteiger partial charge in [0, 0.05) is 49.6 Å². The third-order valence-electron chi connectivity index (χ3n) is 7.50. The van der Waals surface area contributed by atoms with Crippen molar-refractivity contribution in [1.29, 1.82) is 0 Å². The fourth-order valence-corrected chi connectivity index (χ4v) is 4.11. The third kappa shape index (κ3) is 41.7. The predicted octanol–water partition coefficient (Wildman–Crippen LogP) is 8.06. The maximum atomic E-state index is 10.7. The summed E-state index contributed by atoms with van der Waals surface area (Å²) in [7, 11) is -24.4. The molecule has 0 amide bonds. The molecule has 0 saturated heterocycles. The number of rotatable bonds is 4. The average Bonchev–Trinajstić information content (AvgIpc) is 3.40. The average molecular weight is 1710 g/mol. The molecule has 0 aliphatic rings. The number of hydrogen-bond donors (Lipinski definition) is 0. The van der Waals surface area contributed by atoms with Gasteiger partial charge in [-0.2, -0.15) is 52.7 Å². The number of nitrogens with zero attached hydrogens (tertiary/aromatic N) is 8. The molecule has 0 saturated carbocycles. The Balaban J connectivity index is -0.000000138. The van der Waals surface area contributed by atoms with Gasteiger partial charge in [-0.25, -0.2) is 33.7 Å². The molecule has 8 heterocycles. The summed E-state index contributed by atoms with van der Waals surface area (Å²) in [5.74, 6) is 0. The van der Waals surface area contributed by atoms with Gasteiger partial charge in [0.25, 0.3) is 0 Å². The van der Waals surface area contributed by atoms with Gasteiger partial charge in [-0.05, 0) is 97.1 Å². The molecule has 8 aromatic heterocycles. The molecule has 0 bridgehead atoms. The summed E-state index contributed by atoms with van der Waals surface area (Å²) in [4.78, 5) is 33.5. The Hall–Kier alpha value is -5.51. The van der Waals surface area contributed by atoms with Crippen molar-refractivity contribution in [3.05, 3.63) is 195 Å². The van der Waals surface area contributed by atoms with E-state index in [1.165, 1.54) is 0 Å². The molecule has 88 heavy (non-hydrogen) atoms. The van der Waals surface area contributed by atoms with Gasteiger partial charge in [-0.1, -0.05) is 48.5 Å². The fraction of sp³-hybridized carbons (Fsp3) is 0.0909. The van der Waals surface area contributed by atoms with Crippen LogP contribution in [0, 0.1) is 0 Å². The molecule has 0 aliphatic heterocycles. The molecule has 0 radical (unpaired) electrons. The smallest absolute Gasteiger partial charge is 0.870 e. The molecule has 0 aromatic carbocycles. The van der Waals surface area contributed by atoms with E-state index in [1.807, 2.05) is 146 Å². The summed E-state index contributed by atoms with van der Waals surface area (Å²) >= 11 is 0. The van der Waals surface area contributed by atoms with Gasteiger partial charge in [0.15, 0.2) is 40.5 Å². The van der Waals surface area contributed by atoms with Crippen LogP contribution in [0.25, 0.3) is 45.6 Å². The Bertz CT molecular complexity index is 2880. The van der Waals surface area contributed by atoms with Crippen molar-refractivity contribution in [3.63, 3.8) is 0 Å². The zero-order valence-electron chi connectivity index (χ0n) is 42.2. The van der Waals surface area contributed by atoms with Crippen LogP contribution in [0.1, 0.15) is 0 Å². The summed E-state index contributed by atoms with van der Waals surface area (Å²) in [6.45, 7) is 0. The second-order valence-corrected chi connectivity index (χ2v) is 18.8. The third-order valence-corrected chi connectivity index (χ3v) is 9.77. The molecule has 44 heteroatoms. The summed E-state index contributed by atoms with van der Waals surface area (Å²) in [6.07, 6.45) is 14.1. The molecule has 0 fully saturated rings. The zero-order chi connectivity index (χ0) is 60.9. The first kappa shape index (κ1) is 98.7. The summed E-state index contributed by atoms with van der Waals surface area (Å²) in [5.41, 5.74) is -15.3. The molecular weight excluding hydrogens is 1680 g/mol. The Morgan fingerprint density at radius 1 is 0.227 bits per heavy atom. The quantitative estimate of drug-likeness (QED) is 0.0695. The largest absolute Gasteiger partial charge is 2.00 e. The van der Waals surface area contributed by atoms with Crippen LogP contribution >= 0.6 is 0 Å². The molecule has 4 N–H and O–H groups in total. The van der Waals surface area contributed by atoms with Gasteiger partial charge < -0.3 is 40.1 Å². The van der Waals surface area contributed by atoms with E-state index in [2.05, 4.69) is 39.9 Å². The molecule has 0 unspecified atom stereocenters. The normalized spacial score (nSPS) is 10.4. The minimum absolute atomic E-state index is 0. The number of halogens is 12. The van der Waals surface area contributed by atoms with Crippen molar-refractivity contribution in [2.24, 2.45) is 0 Å². The van der Waals surface area contributed by atoms with Gasteiger partial charge in [0.2, 0.25) is 0 Å². The Kier molecular flexibility index (Phi) is 52.2. The fourth-order valence-electron chi connectivity index (χ4n) is 4.11. The minimum Gasteiger partial charge on any atom is -0.870 e. The van der Waals surface area contributed by atoms with Crippen LogP contribution in [0.15, 0.2) is 195 Å². The molecule has 0 atom stereocenters. The van der Waals surface area contributed by atoms with Gasteiger partial charge in [-0.15, -0.1) is 0 Å². The van der Waals surface area contributed by atoms with Gasteiger partial charge in [0.1, 0.15) is 0 Å². The van der Waals surface area contributed by atoms with Crippen molar-refractivity contribution in [3.8, 4) is 45.6 Å². The van der Waals surface area contributed by atoms with Gasteiger partial charge in [-0.3, -0.25) is 39.9 Å². The Morgan fingerprint density at radius 2 is 0.307 bits per heavy atom.